The number of aryl methyl sites for hydroxylation is 1. The van der Waals surface area contributed by atoms with Gasteiger partial charge in [-0.3, -0.25) is 4.79 Å². The van der Waals surface area contributed by atoms with E-state index in [-0.39, 0.29) is 11.7 Å². The number of pyridine rings is 1. The van der Waals surface area contributed by atoms with Gasteiger partial charge in [0, 0.05) is 21.8 Å². The van der Waals surface area contributed by atoms with Crippen molar-refractivity contribution in [1.82, 2.24) is 4.98 Å². The molecule has 0 unspecified atom stereocenters. The molecule has 0 spiro atoms. The van der Waals surface area contributed by atoms with Crippen LogP contribution in [0, 0.1) is 25.2 Å². The van der Waals surface area contributed by atoms with E-state index in [4.69, 9.17) is 16.6 Å². The molecule has 1 aromatic heterocycles. The monoisotopic (exact) mass is 483 g/mol. The molecule has 3 aromatic carbocycles. The summed E-state index contributed by atoms with van der Waals surface area (Å²) < 4.78 is 0. The Bertz CT molecular complexity index is 1380. The van der Waals surface area contributed by atoms with E-state index in [2.05, 4.69) is 11.4 Å². The molecule has 1 amide bonds. The normalized spacial score (nSPS) is 10.5. The third-order valence-electron chi connectivity index (χ3n) is 5.41. The van der Waals surface area contributed by atoms with Gasteiger partial charge in [0.15, 0.2) is 0 Å². The zero-order valence-electron chi connectivity index (χ0n) is 18.8. The molecule has 0 saturated carbocycles. The molecule has 4 rings (SSSR count). The summed E-state index contributed by atoms with van der Waals surface area (Å²) in [6, 6.07) is 27.5. The fourth-order valence-corrected chi connectivity index (χ4v) is 4.49. The highest BCUT2D eigenvalue weighted by Gasteiger charge is 2.17. The minimum atomic E-state index is -0.192. The molecule has 0 aliphatic carbocycles. The second-order valence-electron chi connectivity index (χ2n) is 7.83. The van der Waals surface area contributed by atoms with E-state index in [0.29, 0.717) is 21.3 Å². The van der Waals surface area contributed by atoms with E-state index in [1.807, 2.05) is 80.6 Å². The molecule has 0 bridgehead atoms. The maximum atomic E-state index is 12.7. The lowest BCUT2D eigenvalue weighted by atomic mass is 9.99. The highest BCUT2D eigenvalue weighted by Crippen LogP contribution is 2.34. The Morgan fingerprint density at radius 2 is 1.74 bits per heavy atom. The molecule has 1 heterocycles. The van der Waals surface area contributed by atoms with Crippen molar-refractivity contribution in [3.8, 4) is 28.5 Å². The minimum absolute atomic E-state index is 0.110. The summed E-state index contributed by atoms with van der Waals surface area (Å²) in [5.74, 6) is -0.0813. The van der Waals surface area contributed by atoms with Gasteiger partial charge in [-0.25, -0.2) is 4.98 Å². The first-order valence-corrected chi connectivity index (χ1v) is 12.1. The van der Waals surface area contributed by atoms with E-state index < -0.39 is 0 Å². The topological polar surface area (TPSA) is 65.8 Å². The molecule has 168 valence electrons. The summed E-state index contributed by atoms with van der Waals surface area (Å²) in [6.45, 7) is 3.89. The standard InChI is InChI=1S/C28H22ClN3OS/c1-18-11-13-21(14-12-18)26-15-22(20-7-4-3-5-8-20)23(16-30)28(32-26)34-17-27(33)31-25-10-6-9-24(29)19(25)2/h3-15H,17H2,1-2H3,(H,31,33). The molecule has 4 aromatic rings. The molecule has 0 fully saturated rings. The zero-order chi connectivity index (χ0) is 24.1. The van der Waals surface area contributed by atoms with Crippen molar-refractivity contribution in [3.63, 3.8) is 0 Å². The number of thioether (sulfide) groups is 1. The zero-order valence-corrected chi connectivity index (χ0v) is 20.4. The smallest absolute Gasteiger partial charge is 0.234 e. The highest BCUT2D eigenvalue weighted by atomic mass is 35.5. The first-order chi connectivity index (χ1) is 16.5. The van der Waals surface area contributed by atoms with Crippen molar-refractivity contribution in [2.24, 2.45) is 0 Å². The molecule has 34 heavy (non-hydrogen) atoms. The third-order valence-corrected chi connectivity index (χ3v) is 6.80. The average Bonchev–Trinajstić information content (AvgIpc) is 2.86. The first-order valence-electron chi connectivity index (χ1n) is 10.7. The molecule has 0 saturated heterocycles. The summed E-state index contributed by atoms with van der Waals surface area (Å²) in [5.41, 5.74) is 6.52. The Labute approximate surface area is 208 Å². The lowest BCUT2D eigenvalue weighted by Gasteiger charge is -2.13. The number of aromatic nitrogens is 1. The van der Waals surface area contributed by atoms with Gasteiger partial charge in [-0.15, -0.1) is 0 Å². The molecule has 0 atom stereocenters. The van der Waals surface area contributed by atoms with Crippen molar-refractivity contribution in [3.05, 3.63) is 101 Å². The lowest BCUT2D eigenvalue weighted by Crippen LogP contribution is -2.15. The number of nitrogens with zero attached hydrogens (tertiary/aromatic N) is 2. The van der Waals surface area contributed by atoms with E-state index in [1.54, 1.807) is 12.1 Å². The predicted octanol–water partition coefficient (Wildman–Crippen LogP) is 7.29. The van der Waals surface area contributed by atoms with Crippen LogP contribution >= 0.6 is 23.4 Å². The van der Waals surface area contributed by atoms with Crippen molar-refractivity contribution in [1.29, 1.82) is 5.26 Å². The minimum Gasteiger partial charge on any atom is -0.325 e. The van der Waals surface area contributed by atoms with Crippen molar-refractivity contribution in [2.45, 2.75) is 18.9 Å². The third kappa shape index (κ3) is 5.31. The first kappa shape index (κ1) is 23.6. The van der Waals surface area contributed by atoms with Crippen LogP contribution in [0.3, 0.4) is 0 Å². The van der Waals surface area contributed by atoms with E-state index in [0.717, 1.165) is 33.5 Å². The molecule has 0 radical (unpaired) electrons. The van der Waals surface area contributed by atoms with E-state index in [9.17, 15) is 10.1 Å². The Morgan fingerprint density at radius 1 is 1.00 bits per heavy atom. The predicted molar refractivity (Wildman–Crippen MR) is 140 cm³/mol. The maximum Gasteiger partial charge on any atom is 0.234 e. The van der Waals surface area contributed by atoms with Gasteiger partial charge in [-0.2, -0.15) is 5.26 Å². The quantitative estimate of drug-likeness (QED) is 0.292. The Morgan fingerprint density at radius 3 is 2.44 bits per heavy atom. The highest BCUT2D eigenvalue weighted by molar-refractivity contribution is 8.00. The average molecular weight is 484 g/mol. The van der Waals surface area contributed by atoms with Gasteiger partial charge < -0.3 is 5.32 Å². The second kappa shape index (κ2) is 10.6. The summed E-state index contributed by atoms with van der Waals surface area (Å²) >= 11 is 7.42. The van der Waals surface area contributed by atoms with Crippen molar-refractivity contribution >= 4 is 35.0 Å². The number of nitrogens with one attached hydrogen (secondary N) is 1. The SMILES string of the molecule is Cc1ccc(-c2cc(-c3ccccc3)c(C#N)c(SCC(=O)Nc3cccc(Cl)c3C)n2)cc1. The van der Waals surface area contributed by atoms with Crippen LogP contribution in [0.2, 0.25) is 5.02 Å². The van der Waals surface area contributed by atoms with Gasteiger partial charge >= 0.3 is 0 Å². The van der Waals surface area contributed by atoms with Gasteiger partial charge in [0.2, 0.25) is 5.91 Å². The van der Waals surface area contributed by atoms with Crippen LogP contribution < -0.4 is 5.32 Å². The number of hydrogen-bond donors (Lipinski definition) is 1. The summed E-state index contributed by atoms with van der Waals surface area (Å²) in [4.78, 5) is 17.5. The summed E-state index contributed by atoms with van der Waals surface area (Å²) in [6.07, 6.45) is 0. The van der Waals surface area contributed by atoms with Gasteiger partial charge in [0.05, 0.1) is 17.0 Å². The fraction of sp³-hybridized carbons (Fsp3) is 0.107. The summed E-state index contributed by atoms with van der Waals surface area (Å²) in [7, 11) is 0. The van der Waals surface area contributed by atoms with Crippen molar-refractivity contribution < 1.29 is 4.79 Å². The van der Waals surface area contributed by atoms with E-state index >= 15 is 0 Å². The van der Waals surface area contributed by atoms with E-state index in [1.165, 1.54) is 11.8 Å². The van der Waals surface area contributed by atoms with Crippen LogP contribution in [0.1, 0.15) is 16.7 Å². The number of carbonyl (C=O) groups excluding carboxylic acids is 1. The van der Waals surface area contributed by atoms with Crippen LogP contribution in [0.4, 0.5) is 5.69 Å². The van der Waals surface area contributed by atoms with Crippen LogP contribution in [-0.4, -0.2) is 16.6 Å². The van der Waals surface area contributed by atoms with Gasteiger partial charge in [0.25, 0.3) is 0 Å². The molecular formula is C28H22ClN3OS. The number of rotatable bonds is 6. The largest absolute Gasteiger partial charge is 0.325 e. The lowest BCUT2D eigenvalue weighted by molar-refractivity contribution is -0.113. The Hall–Kier alpha value is -3.59. The number of anilines is 1. The van der Waals surface area contributed by atoms with Gasteiger partial charge in [-0.1, -0.05) is 89.6 Å². The van der Waals surface area contributed by atoms with Crippen LogP contribution in [0.25, 0.3) is 22.4 Å². The molecule has 4 nitrogen and oxygen atoms in total. The van der Waals surface area contributed by atoms with Gasteiger partial charge in [-0.05, 0) is 43.2 Å². The molecule has 1 N–H and O–H groups in total. The van der Waals surface area contributed by atoms with Crippen LogP contribution in [0.15, 0.2) is 83.9 Å². The van der Waals surface area contributed by atoms with Crippen LogP contribution in [-0.2, 0) is 4.79 Å². The Kier molecular flexibility index (Phi) is 7.32. The Balaban J connectivity index is 1.68. The van der Waals surface area contributed by atoms with Gasteiger partial charge in [0.1, 0.15) is 11.1 Å². The fourth-order valence-electron chi connectivity index (χ4n) is 3.51. The molecule has 0 aliphatic heterocycles. The number of hydrogen-bond acceptors (Lipinski definition) is 4. The van der Waals surface area contributed by atoms with Crippen molar-refractivity contribution in [2.75, 3.05) is 11.1 Å². The molecule has 0 aliphatic rings. The summed E-state index contributed by atoms with van der Waals surface area (Å²) in [5, 5.41) is 14.0. The number of benzene rings is 3. The number of carbonyl (C=O) groups is 1. The second-order valence-corrected chi connectivity index (χ2v) is 9.20. The number of nitriles is 1. The molecule has 6 heteroatoms. The maximum absolute atomic E-state index is 12.7. The van der Waals surface area contributed by atoms with Crippen LogP contribution in [0.5, 0.6) is 0 Å². The number of halogens is 1. The number of amides is 1. The molecular weight excluding hydrogens is 462 g/mol.